The first kappa shape index (κ1) is 16.2. The van der Waals surface area contributed by atoms with E-state index in [4.69, 9.17) is 0 Å². The molecule has 0 bridgehead atoms. The molecule has 3 fully saturated rings. The number of aliphatic hydroxyl groups is 1. The van der Waals surface area contributed by atoms with Crippen LogP contribution in [0.3, 0.4) is 0 Å². The van der Waals surface area contributed by atoms with Gasteiger partial charge < -0.3 is 14.9 Å². The third kappa shape index (κ3) is 4.00. The van der Waals surface area contributed by atoms with Crippen molar-refractivity contribution in [1.29, 1.82) is 0 Å². The maximum atomic E-state index is 12.5. The van der Waals surface area contributed by atoms with E-state index in [1.807, 2.05) is 4.90 Å². The second kappa shape index (κ2) is 6.85. The molecule has 2 aliphatic heterocycles. The molecule has 0 spiro atoms. The summed E-state index contributed by atoms with van der Waals surface area (Å²) >= 11 is 0. The number of piperazine rings is 1. The number of hydrogen-bond donors (Lipinski definition) is 1. The highest BCUT2D eigenvalue weighted by molar-refractivity contribution is 5.78. The summed E-state index contributed by atoms with van der Waals surface area (Å²) in [4.78, 5) is 19.1. The number of likely N-dealkylation sites (tertiary alicyclic amines) is 1. The number of likely N-dealkylation sites (N-methyl/N-ethyl adjacent to an activating group) is 1. The summed E-state index contributed by atoms with van der Waals surface area (Å²) in [6, 6.07) is 0. The Labute approximate surface area is 134 Å². The lowest BCUT2D eigenvalue weighted by Crippen LogP contribution is -2.53. The Morgan fingerprint density at radius 3 is 2.55 bits per heavy atom. The molecule has 0 radical (unpaired) electrons. The fourth-order valence-corrected chi connectivity index (χ4v) is 4.09. The number of carbonyl (C=O) groups is 1. The molecule has 3 aliphatic rings. The standard InChI is InChI=1S/C17H31N3O2/c1-18-7-9-20(10-8-18)16(22)12-19-6-2-5-17(13-19,14-21)11-15-3-4-15/h15,21H,2-14H2,1H3. The molecule has 3 rings (SSSR count). The number of piperidine rings is 1. The lowest BCUT2D eigenvalue weighted by Gasteiger charge is -2.42. The zero-order valence-electron chi connectivity index (χ0n) is 14.0. The lowest BCUT2D eigenvalue weighted by molar-refractivity contribution is -0.135. The van der Waals surface area contributed by atoms with Crippen LogP contribution in [0.5, 0.6) is 0 Å². The zero-order valence-corrected chi connectivity index (χ0v) is 14.0. The highest BCUT2D eigenvalue weighted by atomic mass is 16.3. The van der Waals surface area contributed by atoms with Crippen molar-refractivity contribution in [2.24, 2.45) is 11.3 Å². The van der Waals surface area contributed by atoms with Crippen LogP contribution in [0.1, 0.15) is 32.1 Å². The normalized spacial score (nSPS) is 31.5. The second-order valence-corrected chi connectivity index (χ2v) is 7.80. The number of aliphatic hydroxyl groups excluding tert-OH is 1. The maximum Gasteiger partial charge on any atom is 0.236 e. The Balaban J connectivity index is 1.51. The van der Waals surface area contributed by atoms with Crippen molar-refractivity contribution in [3.63, 3.8) is 0 Å². The van der Waals surface area contributed by atoms with Gasteiger partial charge in [0.1, 0.15) is 0 Å². The van der Waals surface area contributed by atoms with Gasteiger partial charge in [-0.2, -0.15) is 0 Å². The first-order valence-electron chi connectivity index (χ1n) is 8.90. The summed E-state index contributed by atoms with van der Waals surface area (Å²) in [7, 11) is 2.11. The van der Waals surface area contributed by atoms with E-state index in [0.717, 1.165) is 64.4 Å². The van der Waals surface area contributed by atoms with Gasteiger partial charge in [-0.1, -0.05) is 12.8 Å². The van der Waals surface area contributed by atoms with Gasteiger partial charge in [0.25, 0.3) is 0 Å². The minimum absolute atomic E-state index is 0.0574. The van der Waals surface area contributed by atoms with E-state index >= 15 is 0 Å². The molecule has 1 atom stereocenters. The van der Waals surface area contributed by atoms with E-state index in [0.29, 0.717) is 6.54 Å². The number of carbonyl (C=O) groups excluding carboxylic acids is 1. The Hall–Kier alpha value is -0.650. The smallest absolute Gasteiger partial charge is 0.236 e. The molecule has 1 N–H and O–H groups in total. The number of amides is 1. The fraction of sp³-hybridized carbons (Fsp3) is 0.941. The summed E-state index contributed by atoms with van der Waals surface area (Å²) in [6.45, 7) is 6.40. The molecule has 22 heavy (non-hydrogen) atoms. The van der Waals surface area contributed by atoms with Crippen LogP contribution in [0.25, 0.3) is 0 Å². The van der Waals surface area contributed by atoms with Gasteiger partial charge in [-0.3, -0.25) is 9.69 Å². The molecule has 1 aliphatic carbocycles. The molecule has 0 aromatic heterocycles. The Kier molecular flexibility index (Phi) is 5.05. The van der Waals surface area contributed by atoms with Crippen molar-refractivity contribution in [3.8, 4) is 0 Å². The summed E-state index contributed by atoms with van der Waals surface area (Å²) < 4.78 is 0. The van der Waals surface area contributed by atoms with Crippen LogP contribution in [0, 0.1) is 11.3 Å². The SMILES string of the molecule is CN1CCN(C(=O)CN2CCCC(CO)(CC3CC3)C2)CC1. The second-order valence-electron chi connectivity index (χ2n) is 7.80. The molecule has 126 valence electrons. The van der Waals surface area contributed by atoms with Crippen LogP contribution in [0.15, 0.2) is 0 Å². The van der Waals surface area contributed by atoms with E-state index in [9.17, 15) is 9.90 Å². The van der Waals surface area contributed by atoms with Crippen molar-refractivity contribution in [3.05, 3.63) is 0 Å². The van der Waals surface area contributed by atoms with Crippen LogP contribution in [0.4, 0.5) is 0 Å². The first-order valence-corrected chi connectivity index (χ1v) is 8.90. The molecule has 1 amide bonds. The highest BCUT2D eigenvalue weighted by Crippen LogP contribution is 2.44. The van der Waals surface area contributed by atoms with E-state index in [1.165, 1.54) is 12.8 Å². The molecule has 5 nitrogen and oxygen atoms in total. The van der Waals surface area contributed by atoms with Gasteiger partial charge in [-0.25, -0.2) is 0 Å². The van der Waals surface area contributed by atoms with Gasteiger partial charge in [0.05, 0.1) is 6.54 Å². The van der Waals surface area contributed by atoms with Crippen molar-refractivity contribution < 1.29 is 9.90 Å². The Morgan fingerprint density at radius 1 is 1.18 bits per heavy atom. The minimum atomic E-state index is 0.0574. The van der Waals surface area contributed by atoms with Crippen LogP contribution in [-0.4, -0.2) is 85.2 Å². The van der Waals surface area contributed by atoms with E-state index in [1.54, 1.807) is 0 Å². The third-order valence-electron chi connectivity index (χ3n) is 5.71. The topological polar surface area (TPSA) is 47.0 Å². The summed E-state index contributed by atoms with van der Waals surface area (Å²) in [5.74, 6) is 1.11. The molecule has 2 saturated heterocycles. The Morgan fingerprint density at radius 2 is 1.91 bits per heavy atom. The van der Waals surface area contributed by atoms with Gasteiger partial charge in [0.15, 0.2) is 0 Å². The average Bonchev–Trinajstić information content (AvgIpc) is 3.32. The molecular formula is C17H31N3O2. The zero-order chi connectivity index (χ0) is 15.6. The van der Waals surface area contributed by atoms with Crippen LogP contribution in [-0.2, 0) is 4.79 Å². The van der Waals surface area contributed by atoms with Gasteiger partial charge in [-0.15, -0.1) is 0 Å². The minimum Gasteiger partial charge on any atom is -0.396 e. The highest BCUT2D eigenvalue weighted by Gasteiger charge is 2.40. The Bertz CT molecular complexity index is 391. The summed E-state index contributed by atoms with van der Waals surface area (Å²) in [6.07, 6.45) is 6.06. The first-order chi connectivity index (χ1) is 10.6. The number of hydrogen-bond acceptors (Lipinski definition) is 4. The van der Waals surface area contributed by atoms with Crippen LogP contribution >= 0.6 is 0 Å². The third-order valence-corrected chi connectivity index (χ3v) is 5.71. The molecule has 5 heteroatoms. The van der Waals surface area contributed by atoms with Crippen molar-refractivity contribution in [2.75, 3.05) is 59.5 Å². The van der Waals surface area contributed by atoms with Gasteiger partial charge in [-0.05, 0) is 38.8 Å². The van der Waals surface area contributed by atoms with E-state index in [-0.39, 0.29) is 17.9 Å². The average molecular weight is 309 g/mol. The van der Waals surface area contributed by atoms with Crippen molar-refractivity contribution in [2.45, 2.75) is 32.1 Å². The molecule has 1 saturated carbocycles. The van der Waals surface area contributed by atoms with E-state index < -0.39 is 0 Å². The summed E-state index contributed by atoms with van der Waals surface area (Å²) in [5.41, 5.74) is 0.0574. The quantitative estimate of drug-likeness (QED) is 0.809. The monoisotopic (exact) mass is 309 g/mol. The fourth-order valence-electron chi connectivity index (χ4n) is 4.09. The molecule has 2 heterocycles. The molecular weight excluding hydrogens is 278 g/mol. The molecule has 0 aromatic rings. The van der Waals surface area contributed by atoms with Crippen LogP contribution in [0.2, 0.25) is 0 Å². The maximum absolute atomic E-state index is 12.5. The summed E-state index contributed by atoms with van der Waals surface area (Å²) in [5, 5.41) is 9.92. The largest absolute Gasteiger partial charge is 0.396 e. The van der Waals surface area contributed by atoms with Gasteiger partial charge in [0, 0.05) is 44.7 Å². The number of rotatable bonds is 5. The predicted octanol–water partition coefficient (Wildman–Crippen LogP) is 0.635. The van der Waals surface area contributed by atoms with Crippen molar-refractivity contribution in [1.82, 2.24) is 14.7 Å². The predicted molar refractivity (Wildman–Crippen MR) is 86.6 cm³/mol. The van der Waals surface area contributed by atoms with E-state index in [2.05, 4.69) is 16.8 Å². The van der Waals surface area contributed by atoms with Gasteiger partial charge in [0.2, 0.25) is 5.91 Å². The molecule has 1 unspecified atom stereocenters. The number of nitrogens with zero attached hydrogens (tertiary/aromatic N) is 3. The molecule has 0 aromatic carbocycles. The van der Waals surface area contributed by atoms with Crippen LogP contribution < -0.4 is 0 Å². The lowest BCUT2D eigenvalue weighted by atomic mass is 9.76. The van der Waals surface area contributed by atoms with Crippen molar-refractivity contribution >= 4 is 5.91 Å². The van der Waals surface area contributed by atoms with Gasteiger partial charge >= 0.3 is 0 Å².